The number of allylic oxidation sites excluding steroid dienone is 2. The zero-order valence-electron chi connectivity index (χ0n) is 8.95. The quantitative estimate of drug-likeness (QED) is 0.800. The monoisotopic (exact) mass is 231 g/mol. The zero-order chi connectivity index (χ0) is 11.0. The average molecular weight is 231 g/mol. The molecule has 3 heteroatoms. The molecule has 0 unspecified atom stereocenters. The number of thiazole rings is 1. The van der Waals surface area contributed by atoms with Gasteiger partial charge in [0.1, 0.15) is 0 Å². The molecule has 82 valence electrons. The van der Waals surface area contributed by atoms with Gasteiger partial charge in [-0.1, -0.05) is 23.5 Å². The highest BCUT2D eigenvalue weighted by Gasteiger charge is 2.07. The fraction of sp³-hybridized carbons (Fsp3) is 0.308. The van der Waals surface area contributed by atoms with Gasteiger partial charge >= 0.3 is 4.87 Å². The molecule has 1 aromatic carbocycles. The molecular formula is C13H13NOS. The number of hydrogen-bond donors (Lipinski definition) is 1. The lowest BCUT2D eigenvalue weighted by Gasteiger charge is -2.12. The van der Waals surface area contributed by atoms with Crippen LogP contribution in [0, 0.1) is 0 Å². The Balaban J connectivity index is 2.10. The molecule has 0 aliphatic heterocycles. The lowest BCUT2D eigenvalue weighted by molar-refractivity contribution is 0.742. The van der Waals surface area contributed by atoms with E-state index < -0.39 is 0 Å². The fourth-order valence-electron chi connectivity index (χ4n) is 2.25. The third-order valence-electron chi connectivity index (χ3n) is 3.08. The van der Waals surface area contributed by atoms with E-state index in [1.54, 1.807) is 0 Å². The van der Waals surface area contributed by atoms with Crippen molar-refractivity contribution in [1.29, 1.82) is 0 Å². The lowest BCUT2D eigenvalue weighted by atomic mass is 9.94. The van der Waals surface area contributed by atoms with Gasteiger partial charge in [-0.25, -0.2) is 0 Å². The predicted octanol–water partition coefficient (Wildman–Crippen LogP) is 3.55. The average Bonchev–Trinajstić information content (AvgIpc) is 2.69. The van der Waals surface area contributed by atoms with E-state index in [1.807, 2.05) is 6.07 Å². The van der Waals surface area contributed by atoms with E-state index in [0.29, 0.717) is 0 Å². The van der Waals surface area contributed by atoms with Crippen LogP contribution in [-0.4, -0.2) is 4.98 Å². The summed E-state index contributed by atoms with van der Waals surface area (Å²) in [6.45, 7) is 0. The van der Waals surface area contributed by atoms with Gasteiger partial charge in [-0.3, -0.25) is 4.79 Å². The molecule has 0 fully saturated rings. The molecule has 0 bridgehead atoms. The number of fused-ring (bicyclic) bond motifs is 1. The third-order valence-corrected chi connectivity index (χ3v) is 3.93. The Labute approximate surface area is 97.6 Å². The maximum Gasteiger partial charge on any atom is 0.305 e. The zero-order valence-corrected chi connectivity index (χ0v) is 9.77. The highest BCUT2D eigenvalue weighted by Crippen LogP contribution is 2.28. The summed E-state index contributed by atoms with van der Waals surface area (Å²) in [5.41, 5.74) is 3.67. The van der Waals surface area contributed by atoms with Gasteiger partial charge in [-0.15, -0.1) is 0 Å². The largest absolute Gasteiger partial charge is 0.312 e. The Morgan fingerprint density at radius 1 is 1.25 bits per heavy atom. The van der Waals surface area contributed by atoms with Crippen LogP contribution in [0.3, 0.4) is 0 Å². The lowest BCUT2D eigenvalue weighted by Crippen LogP contribution is -1.91. The molecule has 16 heavy (non-hydrogen) atoms. The smallest absolute Gasteiger partial charge is 0.305 e. The summed E-state index contributed by atoms with van der Waals surface area (Å²) < 4.78 is 1.06. The number of rotatable bonds is 1. The van der Waals surface area contributed by atoms with Crippen LogP contribution in [0.15, 0.2) is 29.1 Å². The summed E-state index contributed by atoms with van der Waals surface area (Å²) in [5.74, 6) is 0. The first-order valence-corrected chi connectivity index (χ1v) is 6.47. The molecule has 0 atom stereocenters. The van der Waals surface area contributed by atoms with Crippen LogP contribution in [0.4, 0.5) is 0 Å². The number of hydrogen-bond acceptors (Lipinski definition) is 2. The van der Waals surface area contributed by atoms with Crippen molar-refractivity contribution in [3.8, 4) is 0 Å². The Hall–Kier alpha value is -1.35. The molecule has 0 amide bonds. The predicted molar refractivity (Wildman–Crippen MR) is 68.9 cm³/mol. The SMILES string of the molecule is O=c1[nH]c2ccc(C3=CCCCC3)cc2s1. The molecule has 0 spiro atoms. The van der Waals surface area contributed by atoms with Gasteiger partial charge in [0, 0.05) is 0 Å². The number of nitrogens with one attached hydrogen (secondary N) is 1. The number of aromatic nitrogens is 1. The van der Waals surface area contributed by atoms with Gasteiger partial charge in [-0.2, -0.15) is 0 Å². The van der Waals surface area contributed by atoms with Crippen molar-refractivity contribution in [3.05, 3.63) is 39.5 Å². The van der Waals surface area contributed by atoms with Crippen LogP contribution in [0.2, 0.25) is 0 Å². The second-order valence-electron chi connectivity index (χ2n) is 4.20. The Morgan fingerprint density at radius 2 is 2.19 bits per heavy atom. The second kappa shape index (κ2) is 3.91. The van der Waals surface area contributed by atoms with Crippen molar-refractivity contribution in [2.75, 3.05) is 0 Å². The molecule has 0 saturated carbocycles. The van der Waals surface area contributed by atoms with Crippen LogP contribution in [0.1, 0.15) is 31.2 Å². The summed E-state index contributed by atoms with van der Waals surface area (Å²) in [4.78, 5) is 14.1. The summed E-state index contributed by atoms with van der Waals surface area (Å²) in [5, 5.41) is 0. The summed E-state index contributed by atoms with van der Waals surface area (Å²) in [6.07, 6.45) is 7.29. The van der Waals surface area contributed by atoms with Crippen molar-refractivity contribution < 1.29 is 0 Å². The van der Waals surface area contributed by atoms with Crippen LogP contribution >= 0.6 is 11.3 Å². The normalized spacial score (nSPS) is 16.4. The fourth-order valence-corrected chi connectivity index (χ4v) is 3.02. The van der Waals surface area contributed by atoms with Crippen LogP contribution in [-0.2, 0) is 0 Å². The van der Waals surface area contributed by atoms with E-state index in [-0.39, 0.29) is 4.87 Å². The van der Waals surface area contributed by atoms with Gasteiger partial charge in [-0.05, 0) is 49.0 Å². The first kappa shape index (κ1) is 9.85. The Bertz CT molecular complexity index is 606. The van der Waals surface area contributed by atoms with Crippen LogP contribution in [0.5, 0.6) is 0 Å². The molecule has 2 nitrogen and oxygen atoms in total. The van der Waals surface area contributed by atoms with Crippen molar-refractivity contribution >= 4 is 27.1 Å². The number of benzene rings is 1. The Kier molecular flexibility index (Phi) is 2.40. The van der Waals surface area contributed by atoms with E-state index >= 15 is 0 Å². The molecule has 1 aromatic heterocycles. The first-order valence-electron chi connectivity index (χ1n) is 5.65. The van der Waals surface area contributed by atoms with E-state index in [9.17, 15) is 4.79 Å². The van der Waals surface area contributed by atoms with E-state index in [0.717, 1.165) is 10.2 Å². The standard InChI is InChI=1S/C13H13NOS/c15-13-14-11-7-6-10(8-12(11)16-13)9-4-2-1-3-5-9/h4,6-8H,1-3,5H2,(H,14,15). The molecule has 0 saturated heterocycles. The maximum atomic E-state index is 11.2. The van der Waals surface area contributed by atoms with Crippen LogP contribution in [0.25, 0.3) is 15.8 Å². The van der Waals surface area contributed by atoms with E-state index in [2.05, 4.69) is 23.2 Å². The van der Waals surface area contributed by atoms with Crippen LogP contribution < -0.4 is 4.87 Å². The molecule has 0 radical (unpaired) electrons. The molecular weight excluding hydrogens is 218 g/mol. The first-order chi connectivity index (χ1) is 7.83. The van der Waals surface area contributed by atoms with Gasteiger partial charge in [0.15, 0.2) is 0 Å². The highest BCUT2D eigenvalue weighted by atomic mass is 32.1. The number of aromatic amines is 1. The molecule has 1 N–H and O–H groups in total. The summed E-state index contributed by atoms with van der Waals surface area (Å²) >= 11 is 1.29. The topological polar surface area (TPSA) is 32.9 Å². The minimum absolute atomic E-state index is 0.0322. The van der Waals surface area contributed by atoms with Gasteiger partial charge in [0.05, 0.1) is 10.2 Å². The minimum atomic E-state index is 0.0322. The van der Waals surface area contributed by atoms with Crippen molar-refractivity contribution in [3.63, 3.8) is 0 Å². The van der Waals surface area contributed by atoms with Crippen molar-refractivity contribution in [1.82, 2.24) is 4.98 Å². The maximum absolute atomic E-state index is 11.2. The second-order valence-corrected chi connectivity index (χ2v) is 5.22. The third kappa shape index (κ3) is 1.71. The molecule has 1 heterocycles. The van der Waals surface area contributed by atoms with E-state index in [4.69, 9.17) is 0 Å². The van der Waals surface area contributed by atoms with E-state index in [1.165, 1.54) is 48.2 Å². The summed E-state index contributed by atoms with van der Waals surface area (Å²) in [7, 11) is 0. The molecule has 1 aliphatic rings. The van der Waals surface area contributed by atoms with Gasteiger partial charge in [0.25, 0.3) is 0 Å². The Morgan fingerprint density at radius 3 is 3.00 bits per heavy atom. The minimum Gasteiger partial charge on any atom is -0.312 e. The van der Waals surface area contributed by atoms with Gasteiger partial charge < -0.3 is 4.98 Å². The van der Waals surface area contributed by atoms with Gasteiger partial charge in [0.2, 0.25) is 0 Å². The highest BCUT2D eigenvalue weighted by molar-refractivity contribution is 7.16. The summed E-state index contributed by atoms with van der Waals surface area (Å²) in [6, 6.07) is 6.26. The molecule has 3 rings (SSSR count). The van der Waals surface area contributed by atoms with Crippen molar-refractivity contribution in [2.24, 2.45) is 0 Å². The molecule has 1 aliphatic carbocycles. The van der Waals surface area contributed by atoms with Crippen molar-refractivity contribution in [2.45, 2.75) is 25.7 Å². The molecule has 2 aromatic rings. The number of H-pyrrole nitrogens is 1.